The molecule has 0 saturated carbocycles. The van der Waals surface area contributed by atoms with Gasteiger partial charge in [-0.3, -0.25) is 9.69 Å². The second-order valence-corrected chi connectivity index (χ2v) is 3.56. The zero-order valence-electron chi connectivity index (χ0n) is 8.63. The molecule has 0 aromatic carbocycles. The summed E-state index contributed by atoms with van der Waals surface area (Å²) in [5.41, 5.74) is 0. The van der Waals surface area contributed by atoms with Crippen molar-refractivity contribution in [1.29, 1.82) is 0 Å². The van der Waals surface area contributed by atoms with Crippen LogP contribution in [0.15, 0.2) is 0 Å². The average molecular weight is 203 g/mol. The van der Waals surface area contributed by atoms with Crippen LogP contribution in [0.1, 0.15) is 0 Å². The molecule has 1 aliphatic rings. The Labute approximate surface area is 84.0 Å². The van der Waals surface area contributed by atoms with Crippen LogP contribution in [0.4, 0.5) is 4.39 Å². The molecule has 4 nitrogen and oxygen atoms in total. The number of hydrogen-bond acceptors (Lipinski definition) is 3. The smallest absolute Gasteiger partial charge is 0.236 e. The van der Waals surface area contributed by atoms with Crippen molar-refractivity contribution >= 4 is 5.91 Å². The van der Waals surface area contributed by atoms with Crippen molar-refractivity contribution in [2.45, 2.75) is 0 Å². The molecule has 0 aliphatic carbocycles. The molecule has 14 heavy (non-hydrogen) atoms. The largest absolute Gasteiger partial charge is 0.339 e. The predicted molar refractivity (Wildman–Crippen MR) is 52.9 cm³/mol. The highest BCUT2D eigenvalue weighted by atomic mass is 19.1. The Balaban J connectivity index is 2.25. The van der Waals surface area contributed by atoms with Crippen molar-refractivity contribution in [2.75, 3.05) is 53.0 Å². The first-order valence-corrected chi connectivity index (χ1v) is 4.97. The van der Waals surface area contributed by atoms with Crippen molar-refractivity contribution in [3.63, 3.8) is 0 Å². The standard InChI is InChI=1S/C9H18FN3O/c1-12(5-2-10)8-9(14)13-6-3-11-4-7-13/h11H,2-8H2,1H3. The Hall–Kier alpha value is -0.680. The molecule has 82 valence electrons. The van der Waals surface area contributed by atoms with E-state index >= 15 is 0 Å². The van der Waals surface area contributed by atoms with Gasteiger partial charge in [-0.2, -0.15) is 0 Å². The van der Waals surface area contributed by atoms with E-state index in [0.717, 1.165) is 26.2 Å². The third-order valence-corrected chi connectivity index (χ3v) is 2.34. The Kier molecular flexibility index (Phi) is 4.82. The van der Waals surface area contributed by atoms with Crippen LogP contribution >= 0.6 is 0 Å². The minimum atomic E-state index is -0.397. The molecule has 0 unspecified atom stereocenters. The fraction of sp³-hybridized carbons (Fsp3) is 0.889. The van der Waals surface area contributed by atoms with E-state index in [1.165, 1.54) is 0 Å². The molecule has 0 aromatic heterocycles. The van der Waals surface area contributed by atoms with E-state index in [4.69, 9.17) is 0 Å². The van der Waals surface area contributed by atoms with Gasteiger partial charge < -0.3 is 10.2 Å². The quantitative estimate of drug-likeness (QED) is 0.657. The number of amides is 1. The molecule has 1 rings (SSSR count). The summed E-state index contributed by atoms with van der Waals surface area (Å²) >= 11 is 0. The van der Waals surface area contributed by atoms with Crippen molar-refractivity contribution in [3.05, 3.63) is 0 Å². The van der Waals surface area contributed by atoms with Gasteiger partial charge in [-0.1, -0.05) is 0 Å². The van der Waals surface area contributed by atoms with Crippen LogP contribution in [-0.2, 0) is 4.79 Å². The number of halogens is 1. The number of alkyl halides is 1. The van der Waals surface area contributed by atoms with Gasteiger partial charge in [-0.25, -0.2) is 4.39 Å². The zero-order chi connectivity index (χ0) is 10.4. The number of carbonyl (C=O) groups is 1. The molecule has 1 amide bonds. The van der Waals surface area contributed by atoms with E-state index < -0.39 is 6.67 Å². The fourth-order valence-electron chi connectivity index (χ4n) is 1.47. The summed E-state index contributed by atoms with van der Waals surface area (Å²) in [6, 6.07) is 0. The van der Waals surface area contributed by atoms with Crippen LogP contribution in [0.25, 0.3) is 0 Å². The SMILES string of the molecule is CN(CCF)CC(=O)N1CCNCC1. The number of likely N-dealkylation sites (N-methyl/N-ethyl adjacent to an activating group) is 1. The van der Waals surface area contributed by atoms with Gasteiger partial charge in [-0.15, -0.1) is 0 Å². The molecule has 1 fully saturated rings. The van der Waals surface area contributed by atoms with Crippen LogP contribution in [0.2, 0.25) is 0 Å². The lowest BCUT2D eigenvalue weighted by Crippen LogP contribution is -2.49. The summed E-state index contributed by atoms with van der Waals surface area (Å²) in [6.07, 6.45) is 0. The predicted octanol–water partition coefficient (Wildman–Crippen LogP) is -0.680. The summed E-state index contributed by atoms with van der Waals surface area (Å²) in [7, 11) is 1.76. The van der Waals surface area contributed by atoms with E-state index in [1.807, 2.05) is 4.90 Å². The maximum Gasteiger partial charge on any atom is 0.236 e. The molecular formula is C9H18FN3O. The van der Waals surface area contributed by atoms with E-state index in [2.05, 4.69) is 5.32 Å². The van der Waals surface area contributed by atoms with Gasteiger partial charge in [0, 0.05) is 32.7 Å². The van der Waals surface area contributed by atoms with Gasteiger partial charge in [0.15, 0.2) is 0 Å². The summed E-state index contributed by atoms with van der Waals surface area (Å²) in [6.45, 7) is 3.51. The number of hydrogen-bond donors (Lipinski definition) is 1. The number of nitrogens with zero attached hydrogens (tertiary/aromatic N) is 2. The van der Waals surface area contributed by atoms with Crippen LogP contribution in [-0.4, -0.2) is 68.7 Å². The molecule has 0 aromatic rings. The topological polar surface area (TPSA) is 35.6 Å². The molecule has 0 atom stereocenters. The van der Waals surface area contributed by atoms with E-state index in [1.54, 1.807) is 11.9 Å². The van der Waals surface area contributed by atoms with E-state index in [0.29, 0.717) is 13.1 Å². The summed E-state index contributed by atoms with van der Waals surface area (Å²) in [5.74, 6) is 0.0995. The lowest BCUT2D eigenvalue weighted by Gasteiger charge is -2.29. The summed E-state index contributed by atoms with van der Waals surface area (Å²) in [5, 5.41) is 3.18. The molecule has 0 spiro atoms. The Bertz CT molecular complexity index is 183. The molecule has 5 heteroatoms. The lowest BCUT2D eigenvalue weighted by molar-refractivity contribution is -0.132. The second kappa shape index (κ2) is 5.93. The Morgan fingerprint density at radius 3 is 2.71 bits per heavy atom. The minimum Gasteiger partial charge on any atom is -0.339 e. The molecular weight excluding hydrogens is 185 g/mol. The third kappa shape index (κ3) is 3.59. The lowest BCUT2D eigenvalue weighted by atomic mass is 10.3. The van der Waals surface area contributed by atoms with Gasteiger partial charge in [0.2, 0.25) is 5.91 Å². The van der Waals surface area contributed by atoms with Crippen molar-refractivity contribution in [1.82, 2.24) is 15.1 Å². The first-order valence-electron chi connectivity index (χ1n) is 4.97. The maximum absolute atomic E-state index is 12.0. The van der Waals surface area contributed by atoms with Gasteiger partial charge in [0.1, 0.15) is 6.67 Å². The number of nitrogens with one attached hydrogen (secondary N) is 1. The second-order valence-electron chi connectivity index (χ2n) is 3.56. The Morgan fingerprint density at radius 2 is 2.14 bits per heavy atom. The monoisotopic (exact) mass is 203 g/mol. The van der Waals surface area contributed by atoms with Crippen LogP contribution < -0.4 is 5.32 Å². The van der Waals surface area contributed by atoms with Crippen LogP contribution in [0.3, 0.4) is 0 Å². The van der Waals surface area contributed by atoms with Gasteiger partial charge >= 0.3 is 0 Å². The molecule has 0 radical (unpaired) electrons. The van der Waals surface area contributed by atoms with E-state index in [9.17, 15) is 9.18 Å². The minimum absolute atomic E-state index is 0.0995. The van der Waals surface area contributed by atoms with Crippen LogP contribution in [0, 0.1) is 0 Å². The highest BCUT2D eigenvalue weighted by molar-refractivity contribution is 5.78. The first kappa shape index (κ1) is 11.4. The van der Waals surface area contributed by atoms with Gasteiger partial charge in [-0.05, 0) is 7.05 Å². The molecule has 1 N–H and O–H groups in total. The number of carbonyl (C=O) groups excluding carboxylic acids is 1. The summed E-state index contributed by atoms with van der Waals surface area (Å²) in [4.78, 5) is 15.2. The van der Waals surface area contributed by atoms with Crippen molar-refractivity contribution in [2.24, 2.45) is 0 Å². The number of rotatable bonds is 4. The maximum atomic E-state index is 12.0. The third-order valence-electron chi connectivity index (χ3n) is 2.34. The van der Waals surface area contributed by atoms with Gasteiger partial charge in [0.25, 0.3) is 0 Å². The summed E-state index contributed by atoms with van der Waals surface area (Å²) < 4.78 is 12.0. The van der Waals surface area contributed by atoms with Crippen molar-refractivity contribution in [3.8, 4) is 0 Å². The van der Waals surface area contributed by atoms with E-state index in [-0.39, 0.29) is 5.91 Å². The first-order chi connectivity index (χ1) is 6.74. The average Bonchev–Trinajstić information content (AvgIpc) is 2.19. The molecule has 1 saturated heterocycles. The van der Waals surface area contributed by atoms with Crippen LogP contribution in [0.5, 0.6) is 0 Å². The Morgan fingerprint density at radius 1 is 1.50 bits per heavy atom. The molecule has 1 aliphatic heterocycles. The highest BCUT2D eigenvalue weighted by Crippen LogP contribution is 1.95. The fourth-order valence-corrected chi connectivity index (χ4v) is 1.47. The highest BCUT2D eigenvalue weighted by Gasteiger charge is 2.16. The number of piperazine rings is 1. The normalized spacial score (nSPS) is 17.5. The molecule has 1 heterocycles. The zero-order valence-corrected chi connectivity index (χ0v) is 8.63. The molecule has 0 bridgehead atoms. The van der Waals surface area contributed by atoms with Crippen molar-refractivity contribution < 1.29 is 9.18 Å². The van der Waals surface area contributed by atoms with Gasteiger partial charge in [0.05, 0.1) is 6.54 Å².